The van der Waals surface area contributed by atoms with Gasteiger partial charge in [0, 0.05) is 27.2 Å². The van der Waals surface area contributed by atoms with Crippen molar-refractivity contribution in [2.75, 3.05) is 6.54 Å². The van der Waals surface area contributed by atoms with Crippen LogP contribution in [0.3, 0.4) is 0 Å². The zero-order valence-corrected chi connectivity index (χ0v) is 14.6. The smallest absolute Gasteiger partial charge is 0.124 e. The van der Waals surface area contributed by atoms with Gasteiger partial charge < -0.3 is 10.1 Å². The number of benzene rings is 2. The summed E-state index contributed by atoms with van der Waals surface area (Å²) >= 11 is 9.63. The number of rotatable bonds is 6. The molecule has 2 rings (SSSR count). The minimum absolute atomic E-state index is 0.467. The second kappa shape index (κ2) is 7.83. The third kappa shape index (κ3) is 4.73. The van der Waals surface area contributed by atoms with Crippen LogP contribution in [0.25, 0.3) is 0 Å². The summed E-state index contributed by atoms with van der Waals surface area (Å²) in [4.78, 5) is 0. The van der Waals surface area contributed by atoms with Crippen molar-refractivity contribution in [2.24, 2.45) is 0 Å². The SMILES string of the molecule is CCNCc1cc(C)ccc1OCc1ccc(Br)cc1Cl. The van der Waals surface area contributed by atoms with Crippen molar-refractivity contribution in [1.29, 1.82) is 0 Å². The van der Waals surface area contributed by atoms with Crippen molar-refractivity contribution in [2.45, 2.75) is 27.0 Å². The molecule has 2 aromatic carbocycles. The molecule has 2 aromatic rings. The van der Waals surface area contributed by atoms with E-state index in [1.165, 1.54) is 11.1 Å². The standard InChI is InChI=1S/C17H19BrClNO/c1-3-20-10-14-8-12(2)4-7-17(14)21-11-13-5-6-15(18)9-16(13)19/h4-9,20H,3,10-11H2,1-2H3. The van der Waals surface area contributed by atoms with Crippen molar-refractivity contribution in [3.05, 3.63) is 62.6 Å². The van der Waals surface area contributed by atoms with Crippen LogP contribution in [0.2, 0.25) is 5.02 Å². The van der Waals surface area contributed by atoms with Gasteiger partial charge in [-0.15, -0.1) is 0 Å². The van der Waals surface area contributed by atoms with Gasteiger partial charge in [0.05, 0.1) is 0 Å². The van der Waals surface area contributed by atoms with Gasteiger partial charge in [0.2, 0.25) is 0 Å². The molecule has 0 saturated carbocycles. The molecule has 0 unspecified atom stereocenters. The lowest BCUT2D eigenvalue weighted by molar-refractivity contribution is 0.302. The Balaban J connectivity index is 2.11. The molecular weight excluding hydrogens is 350 g/mol. The van der Waals surface area contributed by atoms with Crippen molar-refractivity contribution >= 4 is 27.5 Å². The molecule has 0 atom stereocenters. The van der Waals surface area contributed by atoms with Crippen molar-refractivity contribution in [3.8, 4) is 5.75 Å². The third-order valence-electron chi connectivity index (χ3n) is 3.18. The predicted molar refractivity (Wildman–Crippen MR) is 92.0 cm³/mol. The van der Waals surface area contributed by atoms with E-state index in [1.807, 2.05) is 24.3 Å². The van der Waals surface area contributed by atoms with Crippen LogP contribution in [0.4, 0.5) is 0 Å². The van der Waals surface area contributed by atoms with Gasteiger partial charge in [-0.05, 0) is 31.7 Å². The van der Waals surface area contributed by atoms with E-state index in [4.69, 9.17) is 16.3 Å². The van der Waals surface area contributed by atoms with E-state index < -0.39 is 0 Å². The Kier molecular flexibility index (Phi) is 6.09. The number of nitrogens with one attached hydrogen (secondary N) is 1. The minimum atomic E-state index is 0.467. The maximum atomic E-state index is 6.22. The number of halogens is 2. The summed E-state index contributed by atoms with van der Waals surface area (Å²) in [5.41, 5.74) is 3.39. The summed E-state index contributed by atoms with van der Waals surface area (Å²) in [5, 5.41) is 4.05. The van der Waals surface area contributed by atoms with Gasteiger partial charge in [0.15, 0.2) is 0 Å². The Morgan fingerprint density at radius 3 is 2.67 bits per heavy atom. The molecule has 0 aromatic heterocycles. The highest BCUT2D eigenvalue weighted by atomic mass is 79.9. The van der Waals surface area contributed by atoms with Crippen LogP contribution in [0.1, 0.15) is 23.6 Å². The van der Waals surface area contributed by atoms with Crippen molar-refractivity contribution in [1.82, 2.24) is 5.32 Å². The van der Waals surface area contributed by atoms with Gasteiger partial charge in [-0.2, -0.15) is 0 Å². The maximum Gasteiger partial charge on any atom is 0.124 e. The molecule has 0 saturated heterocycles. The predicted octanol–water partition coefficient (Wildman–Crippen LogP) is 5.10. The van der Waals surface area contributed by atoms with E-state index in [-0.39, 0.29) is 0 Å². The molecule has 112 valence electrons. The van der Waals surface area contributed by atoms with Crippen molar-refractivity contribution < 1.29 is 4.74 Å². The Hall–Kier alpha value is -1.03. The van der Waals surface area contributed by atoms with Crippen LogP contribution in [0, 0.1) is 6.92 Å². The van der Waals surface area contributed by atoms with E-state index in [2.05, 4.69) is 47.2 Å². The van der Waals surface area contributed by atoms with Crippen LogP contribution in [0.5, 0.6) is 5.75 Å². The largest absolute Gasteiger partial charge is 0.489 e. The van der Waals surface area contributed by atoms with Crippen molar-refractivity contribution in [3.63, 3.8) is 0 Å². The molecule has 2 nitrogen and oxygen atoms in total. The summed E-state index contributed by atoms with van der Waals surface area (Å²) in [6.07, 6.45) is 0. The topological polar surface area (TPSA) is 21.3 Å². The van der Waals surface area contributed by atoms with E-state index in [0.717, 1.165) is 28.9 Å². The molecule has 0 aliphatic rings. The first-order valence-corrected chi connectivity index (χ1v) is 8.14. The lowest BCUT2D eigenvalue weighted by Crippen LogP contribution is -2.13. The van der Waals surface area contributed by atoms with Gasteiger partial charge in [0.25, 0.3) is 0 Å². The average Bonchev–Trinajstić information content (AvgIpc) is 2.45. The molecule has 21 heavy (non-hydrogen) atoms. The lowest BCUT2D eigenvalue weighted by Gasteiger charge is -2.13. The second-order valence-electron chi connectivity index (χ2n) is 4.92. The summed E-state index contributed by atoms with van der Waals surface area (Å²) in [5.74, 6) is 0.903. The van der Waals surface area contributed by atoms with Gasteiger partial charge in [-0.1, -0.05) is 58.2 Å². The Morgan fingerprint density at radius 1 is 1.14 bits per heavy atom. The number of aryl methyl sites for hydroxylation is 1. The van der Waals surface area contributed by atoms with E-state index in [9.17, 15) is 0 Å². The normalized spacial score (nSPS) is 10.7. The minimum Gasteiger partial charge on any atom is -0.489 e. The third-order valence-corrected chi connectivity index (χ3v) is 4.02. The molecule has 0 radical (unpaired) electrons. The molecule has 0 spiro atoms. The Labute approximate surface area is 139 Å². The first-order chi connectivity index (χ1) is 10.1. The fourth-order valence-electron chi connectivity index (χ4n) is 2.04. The van der Waals surface area contributed by atoms with Crippen LogP contribution in [-0.2, 0) is 13.2 Å². The molecule has 0 heterocycles. The van der Waals surface area contributed by atoms with Crippen LogP contribution >= 0.6 is 27.5 Å². The average molecular weight is 369 g/mol. The summed E-state index contributed by atoms with van der Waals surface area (Å²) in [6.45, 7) is 6.39. The highest BCUT2D eigenvalue weighted by molar-refractivity contribution is 9.10. The highest BCUT2D eigenvalue weighted by Crippen LogP contribution is 2.25. The van der Waals surface area contributed by atoms with E-state index >= 15 is 0 Å². The number of hydrogen-bond acceptors (Lipinski definition) is 2. The molecule has 0 aliphatic heterocycles. The first-order valence-electron chi connectivity index (χ1n) is 6.97. The summed E-state index contributed by atoms with van der Waals surface area (Å²) in [7, 11) is 0. The summed E-state index contributed by atoms with van der Waals surface area (Å²) < 4.78 is 6.93. The molecular formula is C17H19BrClNO. The zero-order chi connectivity index (χ0) is 15.2. The molecule has 0 aliphatic carbocycles. The molecule has 0 bridgehead atoms. The van der Waals surface area contributed by atoms with Crippen LogP contribution < -0.4 is 10.1 Å². The molecule has 1 N–H and O–H groups in total. The van der Waals surface area contributed by atoms with E-state index in [1.54, 1.807) is 0 Å². The Morgan fingerprint density at radius 2 is 1.95 bits per heavy atom. The summed E-state index contributed by atoms with van der Waals surface area (Å²) in [6, 6.07) is 12.1. The highest BCUT2D eigenvalue weighted by Gasteiger charge is 2.06. The van der Waals surface area contributed by atoms with Gasteiger partial charge in [-0.25, -0.2) is 0 Å². The van der Waals surface area contributed by atoms with Gasteiger partial charge in [-0.3, -0.25) is 0 Å². The fourth-order valence-corrected chi connectivity index (χ4v) is 2.77. The lowest BCUT2D eigenvalue weighted by atomic mass is 10.1. The monoisotopic (exact) mass is 367 g/mol. The molecule has 4 heteroatoms. The number of hydrogen-bond donors (Lipinski definition) is 1. The maximum absolute atomic E-state index is 6.22. The van der Waals surface area contributed by atoms with Gasteiger partial charge in [0.1, 0.15) is 12.4 Å². The van der Waals surface area contributed by atoms with Crippen LogP contribution in [-0.4, -0.2) is 6.54 Å². The Bertz CT molecular complexity index is 616. The molecule has 0 fully saturated rings. The first kappa shape index (κ1) is 16.3. The quantitative estimate of drug-likeness (QED) is 0.766. The zero-order valence-electron chi connectivity index (χ0n) is 12.2. The van der Waals surface area contributed by atoms with Crippen LogP contribution in [0.15, 0.2) is 40.9 Å². The van der Waals surface area contributed by atoms with Gasteiger partial charge >= 0.3 is 0 Å². The van der Waals surface area contributed by atoms with E-state index in [0.29, 0.717) is 11.6 Å². The fraction of sp³-hybridized carbons (Fsp3) is 0.294. The number of ether oxygens (including phenoxy) is 1. The molecule has 0 amide bonds. The second-order valence-corrected chi connectivity index (χ2v) is 6.24.